The van der Waals surface area contributed by atoms with Gasteiger partial charge >= 0.3 is 0 Å². The Morgan fingerprint density at radius 1 is 1.23 bits per heavy atom. The van der Waals surface area contributed by atoms with Crippen LogP contribution in [0.25, 0.3) is 0 Å². The second kappa shape index (κ2) is 6.26. The number of fused-ring (bicyclic) bond motifs is 1. The molecule has 1 aliphatic heterocycles. The zero-order valence-electron chi connectivity index (χ0n) is 13.2. The Bertz CT molecular complexity index is 662. The average Bonchev–Trinajstić information content (AvgIpc) is 2.99. The molecular formula is C18H23N3O. The van der Waals surface area contributed by atoms with Crippen LogP contribution in [0.3, 0.4) is 0 Å². The molecule has 0 spiro atoms. The second-order valence-electron chi connectivity index (χ2n) is 5.88. The van der Waals surface area contributed by atoms with E-state index in [0.29, 0.717) is 13.0 Å². The third kappa shape index (κ3) is 2.86. The number of rotatable bonds is 4. The lowest BCUT2D eigenvalue weighted by molar-refractivity contribution is -0.134. The monoisotopic (exact) mass is 297 g/mol. The summed E-state index contributed by atoms with van der Waals surface area (Å²) in [4.78, 5) is 14.5. The summed E-state index contributed by atoms with van der Waals surface area (Å²) in [7, 11) is 0. The van der Waals surface area contributed by atoms with Crippen molar-refractivity contribution in [3.05, 3.63) is 53.9 Å². The Labute approximate surface area is 131 Å². The number of carbonyl (C=O) groups is 1. The van der Waals surface area contributed by atoms with Crippen LogP contribution in [-0.4, -0.2) is 28.5 Å². The van der Waals surface area contributed by atoms with Crippen LogP contribution >= 0.6 is 0 Å². The maximum absolute atomic E-state index is 12.5. The number of hydrogen-bond acceptors (Lipinski definition) is 2. The summed E-state index contributed by atoms with van der Waals surface area (Å²) >= 11 is 0. The van der Waals surface area contributed by atoms with Crippen LogP contribution in [0, 0.1) is 6.92 Å². The molecule has 2 aromatic rings. The van der Waals surface area contributed by atoms with Gasteiger partial charge in [-0.05, 0) is 37.6 Å². The predicted molar refractivity (Wildman–Crippen MR) is 88.8 cm³/mol. The molecule has 0 unspecified atom stereocenters. The molecule has 0 saturated heterocycles. The van der Waals surface area contributed by atoms with Gasteiger partial charge in [0.1, 0.15) is 0 Å². The molecule has 1 amide bonds. The maximum Gasteiger partial charge on any atom is 0.224 e. The summed E-state index contributed by atoms with van der Waals surface area (Å²) in [5.41, 5.74) is 3.54. The smallest absolute Gasteiger partial charge is 0.224 e. The van der Waals surface area contributed by atoms with Gasteiger partial charge in [0.05, 0.1) is 6.04 Å². The molecule has 0 radical (unpaired) electrons. The van der Waals surface area contributed by atoms with Crippen molar-refractivity contribution in [1.82, 2.24) is 9.47 Å². The molecule has 3 rings (SSSR count). The number of amides is 1. The summed E-state index contributed by atoms with van der Waals surface area (Å²) < 4.78 is 2.24. The van der Waals surface area contributed by atoms with E-state index in [4.69, 9.17) is 0 Å². The highest BCUT2D eigenvalue weighted by molar-refractivity contribution is 5.77. The molecule has 0 bridgehead atoms. The number of nitrogens with zero attached hydrogens (tertiary/aromatic N) is 2. The van der Waals surface area contributed by atoms with Crippen molar-refractivity contribution in [2.24, 2.45) is 0 Å². The van der Waals surface area contributed by atoms with E-state index in [0.717, 1.165) is 18.8 Å². The topological polar surface area (TPSA) is 37.3 Å². The first-order valence-electron chi connectivity index (χ1n) is 7.91. The van der Waals surface area contributed by atoms with E-state index in [-0.39, 0.29) is 11.9 Å². The number of hydrogen-bond donors (Lipinski definition) is 1. The predicted octanol–water partition coefficient (Wildman–Crippen LogP) is 3.20. The molecule has 4 heteroatoms. The molecular weight excluding hydrogens is 274 g/mol. The zero-order valence-corrected chi connectivity index (χ0v) is 13.2. The number of anilines is 1. The van der Waals surface area contributed by atoms with Crippen molar-refractivity contribution >= 4 is 11.6 Å². The highest BCUT2D eigenvalue weighted by atomic mass is 16.2. The van der Waals surface area contributed by atoms with Crippen molar-refractivity contribution in [2.75, 3.05) is 18.4 Å². The highest BCUT2D eigenvalue weighted by Crippen LogP contribution is 2.25. The Hall–Kier alpha value is -2.23. The van der Waals surface area contributed by atoms with Gasteiger partial charge in [0.15, 0.2) is 0 Å². The van der Waals surface area contributed by atoms with Gasteiger partial charge < -0.3 is 14.8 Å². The molecule has 4 nitrogen and oxygen atoms in total. The van der Waals surface area contributed by atoms with E-state index in [2.05, 4.69) is 54.2 Å². The quantitative estimate of drug-likeness (QED) is 0.941. The van der Waals surface area contributed by atoms with Crippen molar-refractivity contribution in [1.29, 1.82) is 0 Å². The van der Waals surface area contributed by atoms with Gasteiger partial charge in [0.25, 0.3) is 0 Å². The third-order valence-electron chi connectivity index (χ3n) is 4.46. The van der Waals surface area contributed by atoms with Crippen molar-refractivity contribution in [2.45, 2.75) is 32.9 Å². The van der Waals surface area contributed by atoms with Gasteiger partial charge in [0, 0.05) is 43.6 Å². The molecule has 2 heterocycles. The first-order valence-corrected chi connectivity index (χ1v) is 7.91. The Morgan fingerprint density at radius 3 is 2.86 bits per heavy atom. The normalized spacial score (nSPS) is 17.2. The van der Waals surface area contributed by atoms with Crippen LogP contribution in [0.1, 0.15) is 30.6 Å². The third-order valence-corrected chi connectivity index (χ3v) is 4.46. The summed E-state index contributed by atoms with van der Waals surface area (Å²) in [6.45, 7) is 6.55. The minimum absolute atomic E-state index is 0.162. The SMILES string of the molecule is Cc1ccccc1NCCC(=O)N1CCn2cccc2[C@H]1C. The number of para-hydroxylation sites is 1. The Morgan fingerprint density at radius 2 is 2.05 bits per heavy atom. The first kappa shape index (κ1) is 14.7. The van der Waals surface area contributed by atoms with Gasteiger partial charge in [-0.2, -0.15) is 0 Å². The molecule has 116 valence electrons. The Kier molecular flexibility index (Phi) is 4.18. The lowest BCUT2D eigenvalue weighted by Gasteiger charge is -2.35. The molecule has 1 aromatic carbocycles. The van der Waals surface area contributed by atoms with Crippen LogP contribution < -0.4 is 5.32 Å². The van der Waals surface area contributed by atoms with E-state index in [9.17, 15) is 4.79 Å². The summed E-state index contributed by atoms with van der Waals surface area (Å²) in [5, 5.41) is 3.36. The molecule has 1 N–H and O–H groups in total. The van der Waals surface area contributed by atoms with Crippen LogP contribution in [-0.2, 0) is 11.3 Å². The lowest BCUT2D eigenvalue weighted by atomic mass is 10.1. The molecule has 1 aromatic heterocycles. The van der Waals surface area contributed by atoms with Gasteiger partial charge in [-0.3, -0.25) is 4.79 Å². The van der Waals surface area contributed by atoms with Crippen molar-refractivity contribution in [3.63, 3.8) is 0 Å². The lowest BCUT2D eigenvalue weighted by Crippen LogP contribution is -2.41. The van der Waals surface area contributed by atoms with E-state index < -0.39 is 0 Å². The van der Waals surface area contributed by atoms with Gasteiger partial charge in [-0.1, -0.05) is 18.2 Å². The van der Waals surface area contributed by atoms with Crippen LogP contribution in [0.2, 0.25) is 0 Å². The largest absolute Gasteiger partial charge is 0.384 e. The van der Waals surface area contributed by atoms with Gasteiger partial charge in [0.2, 0.25) is 5.91 Å². The number of aryl methyl sites for hydroxylation is 1. The second-order valence-corrected chi connectivity index (χ2v) is 5.88. The van der Waals surface area contributed by atoms with Crippen LogP contribution in [0.5, 0.6) is 0 Å². The van der Waals surface area contributed by atoms with E-state index in [1.54, 1.807) is 0 Å². The number of aromatic nitrogens is 1. The van der Waals surface area contributed by atoms with E-state index in [1.165, 1.54) is 11.3 Å². The average molecular weight is 297 g/mol. The molecule has 1 atom stereocenters. The number of carbonyl (C=O) groups excluding carboxylic acids is 1. The van der Waals surface area contributed by atoms with Gasteiger partial charge in [-0.25, -0.2) is 0 Å². The fourth-order valence-electron chi connectivity index (χ4n) is 3.14. The highest BCUT2D eigenvalue weighted by Gasteiger charge is 2.26. The number of nitrogens with one attached hydrogen (secondary N) is 1. The van der Waals surface area contributed by atoms with Crippen LogP contribution in [0.15, 0.2) is 42.6 Å². The minimum atomic E-state index is 0.162. The molecule has 1 aliphatic rings. The maximum atomic E-state index is 12.5. The fourth-order valence-corrected chi connectivity index (χ4v) is 3.14. The Balaban J connectivity index is 1.56. The van der Waals surface area contributed by atoms with E-state index in [1.807, 2.05) is 17.0 Å². The minimum Gasteiger partial charge on any atom is -0.384 e. The van der Waals surface area contributed by atoms with Crippen molar-refractivity contribution in [3.8, 4) is 0 Å². The first-order chi connectivity index (χ1) is 10.7. The molecule has 0 saturated carbocycles. The van der Waals surface area contributed by atoms with Crippen molar-refractivity contribution < 1.29 is 4.79 Å². The summed E-state index contributed by atoms with van der Waals surface area (Å²) in [6, 6.07) is 12.5. The van der Waals surface area contributed by atoms with Gasteiger partial charge in [-0.15, -0.1) is 0 Å². The van der Waals surface area contributed by atoms with E-state index >= 15 is 0 Å². The summed E-state index contributed by atoms with van der Waals surface area (Å²) in [5.74, 6) is 0.223. The summed E-state index contributed by atoms with van der Waals surface area (Å²) in [6.07, 6.45) is 2.62. The van der Waals surface area contributed by atoms with Crippen LogP contribution in [0.4, 0.5) is 5.69 Å². The molecule has 22 heavy (non-hydrogen) atoms. The molecule has 0 aliphatic carbocycles. The zero-order chi connectivity index (χ0) is 15.5. The standard InChI is InChI=1S/C18H23N3O/c1-14-6-3-4-7-16(14)19-10-9-18(22)21-13-12-20-11-5-8-17(20)15(21)2/h3-8,11,15,19H,9-10,12-13H2,1-2H3/t15-/m1/s1. The molecule has 0 fully saturated rings. The number of benzene rings is 1. The fraction of sp³-hybridized carbons (Fsp3) is 0.389.